The largest absolute Gasteiger partial charge is 0.493 e. The zero-order valence-electron chi connectivity index (χ0n) is 28.5. The molecule has 1 saturated heterocycles. The van der Waals surface area contributed by atoms with E-state index in [0.29, 0.717) is 27.5 Å². The molecule has 50 heavy (non-hydrogen) atoms. The third kappa shape index (κ3) is 5.41. The van der Waals surface area contributed by atoms with Crippen LogP contribution >= 0.6 is 0 Å². The lowest BCUT2D eigenvalue weighted by molar-refractivity contribution is 0.00578. The molecule has 7 rings (SSSR count). The number of benzene rings is 6. The topological polar surface area (TPSA) is 18.5 Å². The van der Waals surface area contributed by atoms with Crippen molar-refractivity contribution in [3.8, 4) is 33.4 Å². The zero-order valence-corrected chi connectivity index (χ0v) is 28.5. The molecule has 0 N–H and O–H groups in total. The molecule has 12 heteroatoms. The van der Waals surface area contributed by atoms with Crippen molar-refractivity contribution in [1.29, 1.82) is 0 Å². The Morgan fingerprint density at radius 1 is 0.440 bits per heavy atom. The molecule has 218 valence electrons. The van der Waals surface area contributed by atoms with E-state index in [2.05, 4.69) is 24.3 Å². The molecule has 0 aromatic heterocycles. The first-order chi connectivity index (χ1) is 23.5. The summed E-state index contributed by atoms with van der Waals surface area (Å²) in [6.07, 6.45) is 0. The maximum atomic E-state index is 6.83. The predicted molar refractivity (Wildman–Crippen MR) is 222 cm³/mol. The summed E-state index contributed by atoms with van der Waals surface area (Å²) < 4.78 is 12.6. The fraction of sp³-hybridized carbons (Fsp3) is 0.158. The molecule has 1 aliphatic heterocycles. The van der Waals surface area contributed by atoms with Gasteiger partial charge in [-0.2, -0.15) is 0 Å². The van der Waals surface area contributed by atoms with Crippen molar-refractivity contribution in [3.05, 3.63) is 72.8 Å². The summed E-state index contributed by atoms with van der Waals surface area (Å²) in [5.41, 5.74) is 6.16. The molecule has 1 fully saturated rings. The zero-order chi connectivity index (χ0) is 36.0. The summed E-state index contributed by atoms with van der Waals surface area (Å²) in [5, 5.41) is 4.00. The second kappa shape index (κ2) is 12.3. The van der Waals surface area contributed by atoms with Crippen LogP contribution in [0.2, 0.25) is 0 Å². The van der Waals surface area contributed by atoms with Gasteiger partial charge in [-0.3, -0.25) is 0 Å². The first-order valence-electron chi connectivity index (χ1n) is 16.2. The van der Waals surface area contributed by atoms with Crippen LogP contribution in [-0.4, -0.2) is 88.9 Å². The highest BCUT2D eigenvalue weighted by Gasteiger charge is 2.52. The third-order valence-electron chi connectivity index (χ3n) is 10.5. The van der Waals surface area contributed by atoms with Crippen molar-refractivity contribution in [1.82, 2.24) is 0 Å². The van der Waals surface area contributed by atoms with E-state index in [4.69, 9.17) is 79.9 Å². The highest BCUT2D eigenvalue weighted by Crippen LogP contribution is 2.37. The predicted octanol–water partition coefficient (Wildman–Crippen LogP) is -1.56. The molecule has 0 unspecified atom stereocenters. The van der Waals surface area contributed by atoms with E-state index in [9.17, 15) is 0 Å². The number of fused-ring (bicyclic) bond motifs is 2. The van der Waals surface area contributed by atoms with Crippen LogP contribution in [0.25, 0.3) is 54.9 Å². The van der Waals surface area contributed by atoms with Crippen LogP contribution in [-0.2, 0) is 9.31 Å². The van der Waals surface area contributed by atoms with E-state index in [1.165, 1.54) is 0 Å². The summed E-state index contributed by atoms with van der Waals surface area (Å²) in [6.45, 7) is 7.86. The number of hydrogen-bond donors (Lipinski definition) is 0. The van der Waals surface area contributed by atoms with Gasteiger partial charge in [0.15, 0.2) is 0 Å². The van der Waals surface area contributed by atoms with Crippen LogP contribution in [0.4, 0.5) is 0 Å². The molecule has 0 amide bonds. The third-order valence-corrected chi connectivity index (χ3v) is 10.5. The van der Waals surface area contributed by atoms with Crippen LogP contribution in [0, 0.1) is 0 Å². The van der Waals surface area contributed by atoms with Crippen molar-refractivity contribution >= 4 is 154 Å². The molecule has 1 heterocycles. The van der Waals surface area contributed by atoms with Crippen LogP contribution in [0.15, 0.2) is 72.8 Å². The molecule has 2 nitrogen and oxygen atoms in total. The SMILES string of the molecule is [B]c1c([B])c([B])c(-c2cc(-c3ccc4cc(-c5c([B])c([B])c([B])c(B6OC(C)(C)C(C)(C)O6)c5[B])ccc4c3)c3ccccc3c2)c([B])c1[B]. The Morgan fingerprint density at radius 2 is 0.900 bits per heavy atom. The van der Waals surface area contributed by atoms with Gasteiger partial charge >= 0.3 is 7.12 Å². The van der Waals surface area contributed by atoms with Crippen molar-refractivity contribution in [2.45, 2.75) is 38.9 Å². The van der Waals surface area contributed by atoms with Gasteiger partial charge in [0.2, 0.25) is 0 Å². The average molecular weight is 621 g/mol. The molecule has 0 bridgehead atoms. The Balaban J connectivity index is 1.35. The molecule has 6 aromatic carbocycles. The lowest BCUT2D eigenvalue weighted by Gasteiger charge is -2.32. The number of hydrogen-bond acceptors (Lipinski definition) is 2. The fourth-order valence-electron chi connectivity index (χ4n) is 6.80. The molecule has 0 saturated carbocycles. The van der Waals surface area contributed by atoms with Crippen LogP contribution in [0.5, 0.6) is 0 Å². The first kappa shape index (κ1) is 34.8. The van der Waals surface area contributed by atoms with Gasteiger partial charge in [0, 0.05) is 0 Å². The van der Waals surface area contributed by atoms with Gasteiger partial charge in [-0.15, -0.1) is 27.3 Å². The Bertz CT molecular complexity index is 2360. The lowest BCUT2D eigenvalue weighted by Crippen LogP contribution is -2.61. The van der Waals surface area contributed by atoms with E-state index >= 15 is 0 Å². The van der Waals surface area contributed by atoms with Gasteiger partial charge in [-0.05, 0) is 112 Å². The minimum atomic E-state index is -0.818. The summed E-state index contributed by atoms with van der Waals surface area (Å²) in [4.78, 5) is 0. The van der Waals surface area contributed by atoms with E-state index in [1.54, 1.807) is 0 Å². The van der Waals surface area contributed by atoms with E-state index in [0.717, 1.165) is 43.8 Å². The summed E-state index contributed by atoms with van der Waals surface area (Å²) in [6, 6.07) is 24.4. The molecule has 0 spiro atoms. The highest BCUT2D eigenvalue weighted by molar-refractivity contribution is 6.77. The van der Waals surface area contributed by atoms with Crippen molar-refractivity contribution in [2.75, 3.05) is 0 Å². The Hall–Kier alpha value is -3.59. The van der Waals surface area contributed by atoms with Gasteiger partial charge in [-0.1, -0.05) is 70.4 Å². The van der Waals surface area contributed by atoms with Gasteiger partial charge in [0.1, 0.15) is 70.6 Å². The smallest absolute Gasteiger partial charge is 0.399 e. The molecule has 0 atom stereocenters. The van der Waals surface area contributed by atoms with Gasteiger partial charge in [0.25, 0.3) is 0 Å². The summed E-state index contributed by atoms with van der Waals surface area (Å²) in [7, 11) is 57.1. The molecular weight excluding hydrogens is 597 g/mol. The fourth-order valence-corrected chi connectivity index (χ4v) is 6.80. The Labute approximate surface area is 307 Å². The Morgan fingerprint density at radius 3 is 1.50 bits per heavy atom. The highest BCUT2D eigenvalue weighted by atomic mass is 16.7. The monoisotopic (exact) mass is 622 g/mol. The van der Waals surface area contributed by atoms with Gasteiger partial charge < -0.3 is 9.31 Å². The first-order valence-corrected chi connectivity index (χ1v) is 16.2. The standard InChI is InChI=1S/C38H24B10O2/c1-37(2)38(3,4)50-48(49-37)36-30(42)25(27(39)33(45)35(36)47)21-12-10-17-13-20(11-9-18(17)14-21)24-16-22(15-19-7-5-6-8-23(19)24)26-28(40)31(43)34(46)32(44)29(26)41/h5-16H,1-4H3. The maximum Gasteiger partial charge on any atom is 0.493 e. The molecule has 0 aliphatic carbocycles. The van der Waals surface area contributed by atoms with Crippen LogP contribution in [0.1, 0.15) is 27.7 Å². The van der Waals surface area contributed by atoms with Crippen LogP contribution < -0.4 is 54.6 Å². The molecule has 18 radical (unpaired) electrons. The van der Waals surface area contributed by atoms with Crippen molar-refractivity contribution in [3.63, 3.8) is 0 Å². The normalized spacial score (nSPS) is 15.2. The van der Waals surface area contributed by atoms with Crippen molar-refractivity contribution in [2.24, 2.45) is 0 Å². The lowest BCUT2D eigenvalue weighted by atomic mass is 9.56. The molecule has 1 aliphatic rings. The second-order valence-corrected chi connectivity index (χ2v) is 14.0. The Kier molecular flexibility index (Phi) is 8.55. The van der Waals surface area contributed by atoms with Crippen molar-refractivity contribution < 1.29 is 9.31 Å². The number of rotatable bonds is 4. The molecule has 6 aromatic rings. The summed E-state index contributed by atoms with van der Waals surface area (Å²) >= 11 is 0. The van der Waals surface area contributed by atoms with Crippen LogP contribution in [0.3, 0.4) is 0 Å². The minimum Gasteiger partial charge on any atom is -0.399 e. The minimum absolute atomic E-state index is 0.174. The van der Waals surface area contributed by atoms with E-state index in [1.807, 2.05) is 76.2 Å². The molecular formula is C38H24B10O2. The quantitative estimate of drug-likeness (QED) is 0.222. The summed E-state index contributed by atoms with van der Waals surface area (Å²) in [5.74, 6) is 0. The second-order valence-electron chi connectivity index (χ2n) is 14.0. The van der Waals surface area contributed by atoms with Gasteiger partial charge in [0.05, 0.1) is 11.2 Å². The van der Waals surface area contributed by atoms with E-state index < -0.39 is 18.3 Å². The average Bonchev–Trinajstić information content (AvgIpc) is 3.30. The van der Waals surface area contributed by atoms with E-state index in [-0.39, 0.29) is 38.2 Å². The maximum absolute atomic E-state index is 6.83. The van der Waals surface area contributed by atoms with Gasteiger partial charge in [-0.25, -0.2) is 0 Å².